The lowest BCUT2D eigenvalue weighted by atomic mass is 9.85. The second kappa shape index (κ2) is 6.14. The van der Waals surface area contributed by atoms with Crippen molar-refractivity contribution in [2.75, 3.05) is 5.32 Å². The van der Waals surface area contributed by atoms with E-state index in [-0.39, 0.29) is 5.59 Å². The van der Waals surface area contributed by atoms with Crippen molar-refractivity contribution >= 4 is 35.3 Å². The van der Waals surface area contributed by atoms with Crippen LogP contribution in [0.1, 0.15) is 30.0 Å². The van der Waals surface area contributed by atoms with E-state index in [9.17, 15) is 10.0 Å². The summed E-state index contributed by atoms with van der Waals surface area (Å²) in [5, 5.41) is 22.4. The van der Waals surface area contributed by atoms with Gasteiger partial charge in [0.1, 0.15) is 5.52 Å². The molecule has 128 valence electrons. The van der Waals surface area contributed by atoms with E-state index in [1.54, 1.807) is 12.4 Å². The number of aryl methyl sites for hydroxylation is 1. The van der Waals surface area contributed by atoms with Gasteiger partial charge in [0, 0.05) is 18.3 Å². The predicted octanol–water partition coefficient (Wildman–Crippen LogP) is 0.957. The maximum atomic E-state index is 9.55. The van der Waals surface area contributed by atoms with Crippen LogP contribution in [0.3, 0.4) is 0 Å². The van der Waals surface area contributed by atoms with E-state index < -0.39 is 7.12 Å². The van der Waals surface area contributed by atoms with Gasteiger partial charge in [-0.2, -0.15) is 0 Å². The third-order valence-corrected chi connectivity index (χ3v) is 4.51. The van der Waals surface area contributed by atoms with Gasteiger partial charge in [-0.05, 0) is 37.5 Å². The number of rotatable bonds is 5. The summed E-state index contributed by atoms with van der Waals surface area (Å²) >= 11 is 0. The summed E-state index contributed by atoms with van der Waals surface area (Å²) in [5.74, 6) is 0.559. The molecular formula is C17H20BN5O2. The molecule has 2 heterocycles. The first kappa shape index (κ1) is 16.1. The highest BCUT2D eigenvalue weighted by Crippen LogP contribution is 2.38. The summed E-state index contributed by atoms with van der Waals surface area (Å²) in [4.78, 5) is 8.84. The van der Waals surface area contributed by atoms with Crippen LogP contribution in [0.5, 0.6) is 0 Å². The quantitative estimate of drug-likeness (QED) is 0.516. The molecule has 0 saturated heterocycles. The molecule has 25 heavy (non-hydrogen) atoms. The molecule has 7 nitrogen and oxygen atoms in total. The van der Waals surface area contributed by atoms with E-state index in [2.05, 4.69) is 19.9 Å². The Balaban J connectivity index is 1.85. The molecule has 1 aromatic carbocycles. The summed E-state index contributed by atoms with van der Waals surface area (Å²) in [6, 6.07) is 8.04. The lowest BCUT2D eigenvalue weighted by Gasteiger charge is -2.14. The molecule has 2 aromatic heterocycles. The smallest absolute Gasteiger partial charge is 0.422 e. The van der Waals surface area contributed by atoms with Crippen LogP contribution >= 0.6 is 0 Å². The van der Waals surface area contributed by atoms with Crippen LogP contribution in [0, 0.1) is 6.92 Å². The fourth-order valence-corrected chi connectivity index (χ4v) is 3.07. The zero-order valence-corrected chi connectivity index (χ0v) is 14.0. The Morgan fingerprint density at radius 2 is 2.12 bits per heavy atom. The molecule has 3 aromatic rings. The van der Waals surface area contributed by atoms with Gasteiger partial charge in [0.05, 0.1) is 17.4 Å². The minimum absolute atomic E-state index is 0.164. The Hall–Kier alpha value is -2.42. The zero-order chi connectivity index (χ0) is 17.6. The zero-order valence-electron chi connectivity index (χ0n) is 14.0. The van der Waals surface area contributed by atoms with Crippen LogP contribution in [0.25, 0.3) is 11.0 Å². The second-order valence-corrected chi connectivity index (χ2v) is 6.51. The van der Waals surface area contributed by atoms with Gasteiger partial charge in [0.2, 0.25) is 0 Å². The van der Waals surface area contributed by atoms with Crippen molar-refractivity contribution in [3.05, 3.63) is 41.7 Å². The first-order chi connectivity index (χ1) is 12.1. The van der Waals surface area contributed by atoms with Crippen molar-refractivity contribution in [3.8, 4) is 0 Å². The monoisotopic (exact) mass is 337 g/mol. The van der Waals surface area contributed by atoms with Crippen molar-refractivity contribution < 1.29 is 10.0 Å². The van der Waals surface area contributed by atoms with Gasteiger partial charge in [0.25, 0.3) is 0 Å². The Morgan fingerprint density at radius 3 is 2.80 bits per heavy atom. The molecule has 1 saturated carbocycles. The minimum atomic E-state index is -1.65. The molecule has 0 unspecified atom stereocenters. The summed E-state index contributed by atoms with van der Waals surface area (Å²) in [6.45, 7) is 2.42. The van der Waals surface area contributed by atoms with E-state index in [1.165, 1.54) is 0 Å². The summed E-state index contributed by atoms with van der Waals surface area (Å²) in [5.41, 5.74) is 10.6. The fourth-order valence-electron chi connectivity index (χ4n) is 3.07. The molecule has 0 bridgehead atoms. The maximum absolute atomic E-state index is 9.55. The predicted molar refractivity (Wildman–Crippen MR) is 98.0 cm³/mol. The number of nitrogens with zero attached hydrogens (tertiary/aromatic N) is 3. The van der Waals surface area contributed by atoms with Crippen molar-refractivity contribution in [3.63, 3.8) is 0 Å². The molecule has 1 aliphatic rings. The van der Waals surface area contributed by atoms with Crippen LogP contribution in [0.15, 0.2) is 30.6 Å². The van der Waals surface area contributed by atoms with Crippen LogP contribution < -0.4 is 16.6 Å². The fraction of sp³-hybridized carbons (Fsp3) is 0.294. The Morgan fingerprint density at radius 1 is 1.32 bits per heavy atom. The van der Waals surface area contributed by atoms with E-state index >= 15 is 0 Å². The molecule has 0 spiro atoms. The summed E-state index contributed by atoms with van der Waals surface area (Å²) in [6.07, 6.45) is 4.03. The molecule has 0 atom stereocenters. The summed E-state index contributed by atoms with van der Waals surface area (Å²) in [7, 11) is -1.65. The van der Waals surface area contributed by atoms with Crippen molar-refractivity contribution in [1.29, 1.82) is 0 Å². The van der Waals surface area contributed by atoms with Gasteiger partial charge in [-0.3, -0.25) is 0 Å². The topological polar surface area (TPSA) is 109 Å². The number of nitrogens with two attached hydrogens (primary N) is 1. The lowest BCUT2D eigenvalue weighted by Crippen LogP contribution is -2.33. The van der Waals surface area contributed by atoms with Crippen molar-refractivity contribution in [2.45, 2.75) is 32.4 Å². The largest absolute Gasteiger partial charge is 0.508 e. The molecule has 4 rings (SSSR count). The van der Waals surface area contributed by atoms with Crippen molar-refractivity contribution in [2.24, 2.45) is 5.73 Å². The normalized spacial score (nSPS) is 14.1. The number of anilines is 2. The maximum Gasteiger partial charge on any atom is 0.508 e. The molecule has 0 aliphatic heterocycles. The number of nitrogens with one attached hydrogen (secondary N) is 1. The van der Waals surface area contributed by atoms with E-state index in [0.717, 1.165) is 35.2 Å². The number of pyridine rings is 1. The standard InChI is InChI=1S/C17H20BN5O2/c1-10-2-5-13(11(6-10)8-19)21-17-16-14(7-15(22-17)18(24)25)20-9-23(16)12-3-4-12/h2,5-7,9,12,24-25H,3-4,8,19H2,1H3,(H,21,22). The molecular weight excluding hydrogens is 317 g/mol. The molecule has 5 N–H and O–H groups in total. The highest BCUT2D eigenvalue weighted by Gasteiger charge is 2.28. The van der Waals surface area contributed by atoms with E-state index in [4.69, 9.17) is 5.73 Å². The van der Waals surface area contributed by atoms with E-state index in [0.29, 0.717) is 23.9 Å². The second-order valence-electron chi connectivity index (χ2n) is 6.51. The highest BCUT2D eigenvalue weighted by atomic mass is 16.4. The first-order valence-electron chi connectivity index (χ1n) is 8.37. The molecule has 0 amide bonds. The molecule has 1 aliphatic carbocycles. The van der Waals surface area contributed by atoms with Gasteiger partial charge in [-0.15, -0.1) is 0 Å². The van der Waals surface area contributed by atoms with Crippen LogP contribution in [0.2, 0.25) is 0 Å². The van der Waals surface area contributed by atoms with Crippen LogP contribution in [-0.4, -0.2) is 31.7 Å². The number of hydrogen-bond acceptors (Lipinski definition) is 6. The van der Waals surface area contributed by atoms with E-state index in [1.807, 2.05) is 25.1 Å². The third-order valence-electron chi connectivity index (χ3n) is 4.51. The summed E-state index contributed by atoms with van der Waals surface area (Å²) < 4.78 is 2.11. The van der Waals surface area contributed by atoms with Gasteiger partial charge >= 0.3 is 7.12 Å². The molecule has 0 radical (unpaired) electrons. The van der Waals surface area contributed by atoms with Gasteiger partial charge in [-0.1, -0.05) is 17.7 Å². The SMILES string of the molecule is Cc1ccc(Nc2nc(B(O)O)cc3ncn(C4CC4)c23)c(CN)c1. The Labute approximate surface area is 145 Å². The van der Waals surface area contributed by atoms with Gasteiger partial charge in [0.15, 0.2) is 5.82 Å². The average Bonchev–Trinajstić information content (AvgIpc) is 3.35. The Bertz CT molecular complexity index is 936. The van der Waals surface area contributed by atoms with Crippen molar-refractivity contribution in [1.82, 2.24) is 14.5 Å². The number of imidazole rings is 1. The Kier molecular flexibility index (Phi) is 3.95. The lowest BCUT2D eigenvalue weighted by molar-refractivity contribution is 0.424. The molecule has 8 heteroatoms. The minimum Gasteiger partial charge on any atom is -0.422 e. The van der Waals surface area contributed by atoms with Crippen LogP contribution in [0.4, 0.5) is 11.5 Å². The van der Waals surface area contributed by atoms with Gasteiger partial charge in [-0.25, -0.2) is 9.97 Å². The number of fused-ring (bicyclic) bond motifs is 1. The molecule has 1 fully saturated rings. The van der Waals surface area contributed by atoms with Gasteiger partial charge < -0.3 is 25.7 Å². The first-order valence-corrected chi connectivity index (χ1v) is 8.37. The number of hydrogen-bond donors (Lipinski definition) is 4. The number of aromatic nitrogens is 3. The van der Waals surface area contributed by atoms with Crippen LogP contribution in [-0.2, 0) is 6.54 Å². The third kappa shape index (κ3) is 2.99. The highest BCUT2D eigenvalue weighted by molar-refractivity contribution is 6.57. The number of benzene rings is 1. The average molecular weight is 337 g/mol.